The summed E-state index contributed by atoms with van der Waals surface area (Å²) in [7, 11) is -1.02. The summed E-state index contributed by atoms with van der Waals surface area (Å²) in [6, 6.07) is 15.3. The molecular weight excluding hydrogens is 282 g/mol. The van der Waals surface area contributed by atoms with E-state index in [2.05, 4.69) is 17.4 Å². The van der Waals surface area contributed by atoms with E-state index in [4.69, 9.17) is 0 Å². The Morgan fingerprint density at radius 3 is 2.57 bits per heavy atom. The second kappa shape index (κ2) is 5.82. The molecule has 0 spiro atoms. The van der Waals surface area contributed by atoms with Crippen molar-refractivity contribution >= 4 is 16.7 Å². The highest BCUT2D eigenvalue weighted by Crippen LogP contribution is 2.30. The maximum atomic E-state index is 12.3. The molecule has 2 unspecified atom stereocenters. The van der Waals surface area contributed by atoms with E-state index in [1.807, 2.05) is 12.1 Å². The molecule has 0 saturated carbocycles. The molecule has 3 nitrogen and oxygen atoms in total. The van der Waals surface area contributed by atoms with Gasteiger partial charge in [0, 0.05) is 27.5 Å². The molecule has 0 heterocycles. The van der Waals surface area contributed by atoms with Gasteiger partial charge in [-0.3, -0.25) is 9.00 Å². The summed E-state index contributed by atoms with van der Waals surface area (Å²) in [4.78, 5) is 13.0. The first-order valence-electron chi connectivity index (χ1n) is 6.97. The zero-order chi connectivity index (χ0) is 14.8. The molecule has 2 aromatic carbocycles. The first-order valence-corrected chi connectivity index (χ1v) is 8.53. The number of rotatable bonds is 3. The Balaban J connectivity index is 1.74. The summed E-state index contributed by atoms with van der Waals surface area (Å²) in [5.74, 6) is -0.0786. The molecule has 0 aliphatic heterocycles. The van der Waals surface area contributed by atoms with Crippen LogP contribution in [0.1, 0.15) is 33.9 Å². The van der Waals surface area contributed by atoms with E-state index in [9.17, 15) is 9.00 Å². The zero-order valence-electron chi connectivity index (χ0n) is 11.8. The molecule has 0 fully saturated rings. The van der Waals surface area contributed by atoms with E-state index in [0.29, 0.717) is 5.56 Å². The number of benzene rings is 2. The average Bonchev–Trinajstić information content (AvgIpc) is 2.91. The summed E-state index contributed by atoms with van der Waals surface area (Å²) in [5.41, 5.74) is 3.14. The van der Waals surface area contributed by atoms with Crippen LogP contribution in [0.3, 0.4) is 0 Å². The molecule has 0 aromatic heterocycles. The minimum atomic E-state index is -1.02. The first-order chi connectivity index (χ1) is 10.1. The van der Waals surface area contributed by atoms with Crippen molar-refractivity contribution in [3.63, 3.8) is 0 Å². The smallest absolute Gasteiger partial charge is 0.251 e. The fourth-order valence-electron chi connectivity index (χ4n) is 2.75. The summed E-state index contributed by atoms with van der Waals surface area (Å²) in [6.07, 6.45) is 3.58. The van der Waals surface area contributed by atoms with Gasteiger partial charge in [-0.05, 0) is 48.2 Å². The first kappa shape index (κ1) is 14.0. The second-order valence-electron chi connectivity index (χ2n) is 5.24. The highest BCUT2D eigenvalue weighted by Gasteiger charge is 2.23. The Labute approximate surface area is 126 Å². The minimum absolute atomic E-state index is 0.0786. The highest BCUT2D eigenvalue weighted by atomic mass is 32.2. The van der Waals surface area contributed by atoms with Gasteiger partial charge in [0.05, 0.1) is 6.04 Å². The lowest BCUT2D eigenvalue weighted by atomic mass is 10.1. The SMILES string of the molecule is CS(=O)c1ccc(C(=O)NC2CCc3ccccc32)cc1. The maximum absolute atomic E-state index is 12.3. The van der Waals surface area contributed by atoms with E-state index < -0.39 is 10.8 Å². The van der Waals surface area contributed by atoms with E-state index in [0.717, 1.165) is 17.7 Å². The van der Waals surface area contributed by atoms with Crippen LogP contribution >= 0.6 is 0 Å². The van der Waals surface area contributed by atoms with Gasteiger partial charge in [0.1, 0.15) is 0 Å². The normalized spacial score (nSPS) is 18.0. The number of fused-ring (bicyclic) bond motifs is 1. The second-order valence-corrected chi connectivity index (χ2v) is 6.62. The van der Waals surface area contributed by atoms with Crippen molar-refractivity contribution in [3.8, 4) is 0 Å². The third kappa shape index (κ3) is 2.90. The monoisotopic (exact) mass is 299 g/mol. The number of carbonyl (C=O) groups excluding carboxylic acids is 1. The van der Waals surface area contributed by atoms with Gasteiger partial charge >= 0.3 is 0 Å². The Bertz CT molecular complexity index is 694. The Kier molecular flexibility index (Phi) is 3.88. The summed E-state index contributed by atoms with van der Waals surface area (Å²) >= 11 is 0. The van der Waals surface area contributed by atoms with Crippen LogP contribution in [0.4, 0.5) is 0 Å². The lowest BCUT2D eigenvalue weighted by Crippen LogP contribution is -2.27. The number of amides is 1. The van der Waals surface area contributed by atoms with Crippen LogP contribution in [0.5, 0.6) is 0 Å². The van der Waals surface area contributed by atoms with Crippen molar-refractivity contribution in [2.24, 2.45) is 0 Å². The molecule has 0 radical (unpaired) electrons. The summed E-state index contributed by atoms with van der Waals surface area (Å²) in [6.45, 7) is 0. The molecule has 2 aromatic rings. The van der Waals surface area contributed by atoms with Crippen LogP contribution in [0.25, 0.3) is 0 Å². The van der Waals surface area contributed by atoms with E-state index in [1.54, 1.807) is 30.5 Å². The molecule has 0 saturated heterocycles. The lowest BCUT2D eigenvalue weighted by Gasteiger charge is -2.14. The molecular formula is C17H17NO2S. The average molecular weight is 299 g/mol. The molecule has 0 bridgehead atoms. The quantitative estimate of drug-likeness (QED) is 0.947. The van der Waals surface area contributed by atoms with Crippen molar-refractivity contribution in [2.75, 3.05) is 6.26 Å². The van der Waals surface area contributed by atoms with Gasteiger partial charge in [0.25, 0.3) is 5.91 Å². The van der Waals surface area contributed by atoms with Gasteiger partial charge in [0.2, 0.25) is 0 Å². The van der Waals surface area contributed by atoms with Gasteiger partial charge in [-0.2, -0.15) is 0 Å². The molecule has 1 aliphatic carbocycles. The van der Waals surface area contributed by atoms with E-state index >= 15 is 0 Å². The Morgan fingerprint density at radius 1 is 1.14 bits per heavy atom. The number of hydrogen-bond donors (Lipinski definition) is 1. The van der Waals surface area contributed by atoms with Crippen LogP contribution in [-0.2, 0) is 17.2 Å². The summed E-state index contributed by atoms with van der Waals surface area (Å²) < 4.78 is 11.4. The van der Waals surface area contributed by atoms with Gasteiger partial charge in [-0.25, -0.2) is 0 Å². The highest BCUT2D eigenvalue weighted by molar-refractivity contribution is 7.84. The van der Waals surface area contributed by atoms with Crippen LogP contribution < -0.4 is 5.32 Å². The van der Waals surface area contributed by atoms with Crippen molar-refractivity contribution in [1.29, 1.82) is 0 Å². The molecule has 3 rings (SSSR count). The van der Waals surface area contributed by atoms with Crippen LogP contribution in [0, 0.1) is 0 Å². The van der Waals surface area contributed by atoms with Gasteiger partial charge in [0.15, 0.2) is 0 Å². The van der Waals surface area contributed by atoms with Crippen molar-refractivity contribution in [3.05, 3.63) is 65.2 Å². The molecule has 4 heteroatoms. The Morgan fingerprint density at radius 2 is 1.86 bits per heavy atom. The third-order valence-electron chi connectivity index (χ3n) is 3.89. The van der Waals surface area contributed by atoms with Crippen LogP contribution in [-0.4, -0.2) is 16.4 Å². The molecule has 1 N–H and O–H groups in total. The topological polar surface area (TPSA) is 46.2 Å². The third-order valence-corrected chi connectivity index (χ3v) is 4.82. The van der Waals surface area contributed by atoms with Crippen molar-refractivity contribution in [1.82, 2.24) is 5.32 Å². The number of aryl methyl sites for hydroxylation is 1. The van der Waals surface area contributed by atoms with Crippen LogP contribution in [0.15, 0.2) is 53.4 Å². The number of hydrogen-bond acceptors (Lipinski definition) is 2. The fraction of sp³-hybridized carbons (Fsp3) is 0.235. The predicted molar refractivity (Wildman–Crippen MR) is 83.7 cm³/mol. The largest absolute Gasteiger partial charge is 0.345 e. The number of carbonyl (C=O) groups is 1. The van der Waals surface area contributed by atoms with E-state index in [-0.39, 0.29) is 11.9 Å². The maximum Gasteiger partial charge on any atom is 0.251 e. The molecule has 108 valence electrons. The van der Waals surface area contributed by atoms with Gasteiger partial charge < -0.3 is 5.32 Å². The van der Waals surface area contributed by atoms with Crippen molar-refractivity contribution < 1.29 is 9.00 Å². The zero-order valence-corrected chi connectivity index (χ0v) is 12.7. The summed E-state index contributed by atoms with van der Waals surface area (Å²) in [5, 5.41) is 3.09. The van der Waals surface area contributed by atoms with Crippen molar-refractivity contribution in [2.45, 2.75) is 23.8 Å². The molecule has 21 heavy (non-hydrogen) atoms. The van der Waals surface area contributed by atoms with Crippen LogP contribution in [0.2, 0.25) is 0 Å². The van der Waals surface area contributed by atoms with Gasteiger partial charge in [-0.1, -0.05) is 24.3 Å². The minimum Gasteiger partial charge on any atom is -0.345 e. The standard InChI is InChI=1S/C17H17NO2S/c1-21(20)14-9-6-13(7-10-14)17(19)18-16-11-8-12-4-2-3-5-15(12)16/h2-7,9-10,16H,8,11H2,1H3,(H,18,19). The lowest BCUT2D eigenvalue weighted by molar-refractivity contribution is 0.0936. The molecule has 1 aliphatic rings. The van der Waals surface area contributed by atoms with E-state index in [1.165, 1.54) is 11.1 Å². The fourth-order valence-corrected chi connectivity index (χ4v) is 3.27. The van der Waals surface area contributed by atoms with Gasteiger partial charge in [-0.15, -0.1) is 0 Å². The molecule has 1 amide bonds. The Hall–Kier alpha value is -1.94. The number of nitrogens with one attached hydrogen (secondary N) is 1. The predicted octanol–water partition coefficient (Wildman–Crippen LogP) is 2.84. The molecule has 2 atom stereocenters.